The summed E-state index contributed by atoms with van der Waals surface area (Å²) in [6, 6.07) is 0. The third-order valence-electron chi connectivity index (χ3n) is 7.05. The van der Waals surface area contributed by atoms with Crippen molar-refractivity contribution >= 4 is 22.6 Å². The Morgan fingerprint density at radius 2 is 1.43 bits per heavy atom. The summed E-state index contributed by atoms with van der Waals surface area (Å²) in [4.78, 5) is 0. The number of hydrogen-bond donors (Lipinski definition) is 0. The van der Waals surface area contributed by atoms with Crippen LogP contribution in [0, 0.1) is 29.6 Å². The van der Waals surface area contributed by atoms with Crippen LogP contribution in [-0.4, -0.2) is 4.43 Å². The topological polar surface area (TPSA) is 0 Å². The van der Waals surface area contributed by atoms with Gasteiger partial charge in [-0.1, -0.05) is 94.2 Å². The molecule has 0 spiro atoms. The Balaban J connectivity index is 1.70. The first-order valence-corrected chi connectivity index (χ1v) is 12.3. The Hall–Kier alpha value is 0.730. The van der Waals surface area contributed by atoms with Crippen LogP contribution in [0.25, 0.3) is 0 Å². The van der Waals surface area contributed by atoms with Gasteiger partial charge < -0.3 is 0 Å². The van der Waals surface area contributed by atoms with E-state index in [2.05, 4.69) is 36.4 Å². The minimum atomic E-state index is 1.05. The van der Waals surface area contributed by atoms with E-state index in [1.807, 2.05) is 0 Å². The minimum absolute atomic E-state index is 1.05. The standard InChI is InChI=1S/C22H41I/c1-3-7-18-8-5-9-19(16-18)11-12-20-13-14-22(10-6-15-23)21(4-2)17-20/h18-22H,3-17H2,1-2H3. The van der Waals surface area contributed by atoms with Gasteiger partial charge in [0.2, 0.25) is 0 Å². The van der Waals surface area contributed by atoms with Crippen LogP contribution in [0.2, 0.25) is 0 Å². The first kappa shape index (κ1) is 20.0. The Kier molecular flexibility index (Phi) is 9.91. The molecule has 0 radical (unpaired) electrons. The van der Waals surface area contributed by atoms with Gasteiger partial charge in [0.15, 0.2) is 0 Å². The largest absolute Gasteiger partial charge is 0.0864 e. The van der Waals surface area contributed by atoms with Crippen LogP contribution in [0.4, 0.5) is 0 Å². The van der Waals surface area contributed by atoms with E-state index in [0.717, 1.165) is 29.6 Å². The quantitative estimate of drug-likeness (QED) is 0.256. The molecule has 0 aromatic rings. The lowest BCUT2D eigenvalue weighted by Crippen LogP contribution is -2.25. The van der Waals surface area contributed by atoms with Gasteiger partial charge in [0.1, 0.15) is 0 Å². The predicted molar refractivity (Wildman–Crippen MR) is 112 cm³/mol. The van der Waals surface area contributed by atoms with E-state index in [4.69, 9.17) is 0 Å². The fourth-order valence-corrected chi connectivity index (χ4v) is 6.15. The third kappa shape index (κ3) is 6.86. The molecule has 1 heteroatoms. The zero-order valence-electron chi connectivity index (χ0n) is 15.9. The fourth-order valence-electron chi connectivity index (χ4n) is 5.71. The minimum Gasteiger partial charge on any atom is -0.0864 e. The zero-order chi connectivity index (χ0) is 16.5. The van der Waals surface area contributed by atoms with E-state index in [1.165, 1.54) is 49.4 Å². The van der Waals surface area contributed by atoms with E-state index in [-0.39, 0.29) is 0 Å². The van der Waals surface area contributed by atoms with E-state index in [9.17, 15) is 0 Å². The van der Waals surface area contributed by atoms with Crippen molar-refractivity contribution in [2.45, 2.75) is 104 Å². The molecule has 2 saturated carbocycles. The number of halogens is 1. The van der Waals surface area contributed by atoms with Gasteiger partial charge in [-0.25, -0.2) is 0 Å². The predicted octanol–water partition coefficient (Wildman–Crippen LogP) is 8.03. The molecule has 0 N–H and O–H groups in total. The molecular formula is C22H41I. The maximum atomic E-state index is 2.55. The van der Waals surface area contributed by atoms with E-state index < -0.39 is 0 Å². The van der Waals surface area contributed by atoms with Gasteiger partial charge in [-0.3, -0.25) is 0 Å². The third-order valence-corrected chi connectivity index (χ3v) is 7.82. The lowest BCUT2D eigenvalue weighted by atomic mass is 9.69. The second kappa shape index (κ2) is 11.4. The first-order chi connectivity index (χ1) is 11.3. The summed E-state index contributed by atoms with van der Waals surface area (Å²) in [5, 5.41) is 0. The molecule has 0 bridgehead atoms. The van der Waals surface area contributed by atoms with Crippen LogP contribution < -0.4 is 0 Å². The molecule has 23 heavy (non-hydrogen) atoms. The smallest absolute Gasteiger partial charge is 0.000462 e. The van der Waals surface area contributed by atoms with Gasteiger partial charge in [-0.2, -0.15) is 0 Å². The lowest BCUT2D eigenvalue weighted by molar-refractivity contribution is 0.146. The van der Waals surface area contributed by atoms with Crippen LogP contribution in [0.5, 0.6) is 0 Å². The Morgan fingerprint density at radius 1 is 0.739 bits per heavy atom. The van der Waals surface area contributed by atoms with E-state index >= 15 is 0 Å². The van der Waals surface area contributed by atoms with E-state index in [1.54, 1.807) is 44.9 Å². The Morgan fingerprint density at radius 3 is 2.09 bits per heavy atom. The average Bonchev–Trinajstić information content (AvgIpc) is 2.59. The molecule has 5 atom stereocenters. The van der Waals surface area contributed by atoms with Crippen LogP contribution in [0.3, 0.4) is 0 Å². The molecule has 0 aromatic carbocycles. The second-order valence-corrected chi connectivity index (χ2v) is 9.78. The molecule has 0 heterocycles. The molecule has 2 rings (SSSR count). The van der Waals surface area contributed by atoms with Crippen molar-refractivity contribution in [2.24, 2.45) is 29.6 Å². The second-order valence-electron chi connectivity index (χ2n) is 8.70. The summed E-state index contributed by atoms with van der Waals surface area (Å²) < 4.78 is 1.36. The van der Waals surface area contributed by atoms with Crippen molar-refractivity contribution in [1.29, 1.82) is 0 Å². The van der Waals surface area contributed by atoms with Crippen molar-refractivity contribution in [3.8, 4) is 0 Å². The van der Waals surface area contributed by atoms with Crippen molar-refractivity contribution in [3.05, 3.63) is 0 Å². The molecule has 2 aliphatic carbocycles. The molecule has 0 amide bonds. The normalized spacial score (nSPS) is 35.3. The van der Waals surface area contributed by atoms with E-state index in [0.29, 0.717) is 0 Å². The van der Waals surface area contributed by atoms with Crippen molar-refractivity contribution in [1.82, 2.24) is 0 Å². The SMILES string of the molecule is CCCC1CCCC(CCC2CCC(CCCI)C(CC)C2)C1. The molecule has 0 saturated heterocycles. The van der Waals surface area contributed by atoms with Gasteiger partial charge >= 0.3 is 0 Å². The highest BCUT2D eigenvalue weighted by Gasteiger charge is 2.29. The van der Waals surface area contributed by atoms with Gasteiger partial charge in [0, 0.05) is 0 Å². The van der Waals surface area contributed by atoms with Crippen molar-refractivity contribution < 1.29 is 0 Å². The van der Waals surface area contributed by atoms with Crippen LogP contribution in [0.15, 0.2) is 0 Å². The van der Waals surface area contributed by atoms with Crippen molar-refractivity contribution in [3.63, 3.8) is 0 Å². The number of alkyl halides is 1. The molecule has 0 aliphatic heterocycles. The molecule has 2 aliphatic rings. The molecule has 2 fully saturated rings. The van der Waals surface area contributed by atoms with Gasteiger partial charge in [0.05, 0.1) is 0 Å². The Bertz CT molecular complexity index is 298. The highest BCUT2D eigenvalue weighted by atomic mass is 127. The Labute approximate surface area is 160 Å². The average molecular weight is 432 g/mol. The summed E-state index contributed by atoms with van der Waals surface area (Å²) in [6.07, 6.45) is 21.2. The molecule has 0 aromatic heterocycles. The highest BCUT2D eigenvalue weighted by molar-refractivity contribution is 14.1. The highest BCUT2D eigenvalue weighted by Crippen LogP contribution is 2.42. The number of hydrogen-bond acceptors (Lipinski definition) is 0. The summed E-state index contributed by atoms with van der Waals surface area (Å²) in [6.45, 7) is 4.81. The lowest BCUT2D eigenvalue weighted by Gasteiger charge is -2.37. The molecule has 5 unspecified atom stereocenters. The van der Waals surface area contributed by atoms with Gasteiger partial charge in [-0.15, -0.1) is 0 Å². The summed E-state index contributed by atoms with van der Waals surface area (Å²) in [5.41, 5.74) is 0. The van der Waals surface area contributed by atoms with Crippen LogP contribution in [-0.2, 0) is 0 Å². The summed E-state index contributed by atoms with van der Waals surface area (Å²) in [7, 11) is 0. The molecule has 0 nitrogen and oxygen atoms in total. The zero-order valence-corrected chi connectivity index (χ0v) is 18.0. The molecular weight excluding hydrogens is 391 g/mol. The summed E-state index contributed by atoms with van der Waals surface area (Å²) in [5.74, 6) is 5.34. The molecule has 136 valence electrons. The first-order valence-electron chi connectivity index (χ1n) is 10.8. The van der Waals surface area contributed by atoms with Gasteiger partial charge in [0.25, 0.3) is 0 Å². The van der Waals surface area contributed by atoms with Gasteiger partial charge in [-0.05, 0) is 66.1 Å². The maximum absolute atomic E-state index is 2.55. The maximum Gasteiger partial charge on any atom is -0.000462 e. The fraction of sp³-hybridized carbons (Fsp3) is 1.00. The van der Waals surface area contributed by atoms with Crippen molar-refractivity contribution in [2.75, 3.05) is 4.43 Å². The number of rotatable bonds is 9. The van der Waals surface area contributed by atoms with Crippen LogP contribution >= 0.6 is 22.6 Å². The summed E-state index contributed by atoms with van der Waals surface area (Å²) >= 11 is 2.55. The monoisotopic (exact) mass is 432 g/mol. The van der Waals surface area contributed by atoms with Crippen LogP contribution in [0.1, 0.15) is 104 Å².